The number of aliphatic carboxylic acids is 1. The summed E-state index contributed by atoms with van der Waals surface area (Å²) in [5.74, 6) is -1.40. The molecule has 4 heteroatoms. The van der Waals surface area contributed by atoms with E-state index in [2.05, 4.69) is 19.2 Å². The number of carbonyl (C=O) groups excluding carboxylic acids is 2. The summed E-state index contributed by atoms with van der Waals surface area (Å²) < 4.78 is 0. The summed E-state index contributed by atoms with van der Waals surface area (Å²) in [6.07, 6.45) is 2.68. The molecule has 4 nitrogen and oxygen atoms in total. The predicted molar refractivity (Wildman–Crippen MR) is 67.9 cm³/mol. The number of hydrogen-bond donors (Lipinski definition) is 1. The van der Waals surface area contributed by atoms with E-state index in [1.54, 1.807) is 12.1 Å². The van der Waals surface area contributed by atoms with Crippen molar-refractivity contribution in [2.24, 2.45) is 0 Å². The van der Waals surface area contributed by atoms with E-state index in [0.29, 0.717) is 17.7 Å². The largest absolute Gasteiger partial charge is 0.545 e. The lowest BCUT2D eigenvalue weighted by Crippen LogP contribution is -2.20. The SMILES string of the molecule is CCC(C)c1ccc(NC(=O)C=CC(=O)[O-])cc1. The molecule has 0 saturated heterocycles. The Bertz CT molecular complexity index is 449. The van der Waals surface area contributed by atoms with Gasteiger partial charge in [0.25, 0.3) is 0 Å². The number of rotatable bonds is 5. The first-order valence-electron chi connectivity index (χ1n) is 5.83. The molecule has 1 aromatic carbocycles. The van der Waals surface area contributed by atoms with Crippen LogP contribution in [-0.4, -0.2) is 11.9 Å². The van der Waals surface area contributed by atoms with Gasteiger partial charge in [0.05, 0.1) is 5.97 Å². The van der Waals surface area contributed by atoms with Crippen LogP contribution >= 0.6 is 0 Å². The monoisotopic (exact) mass is 246 g/mol. The maximum Gasteiger partial charge on any atom is 0.248 e. The second-order valence-corrected chi connectivity index (χ2v) is 4.07. The second kappa shape index (κ2) is 6.59. The zero-order chi connectivity index (χ0) is 13.5. The molecule has 1 aromatic rings. The van der Waals surface area contributed by atoms with Crippen molar-refractivity contribution < 1.29 is 14.7 Å². The first-order chi connectivity index (χ1) is 8.52. The minimum atomic E-state index is -1.39. The number of nitrogens with one attached hydrogen (secondary N) is 1. The van der Waals surface area contributed by atoms with E-state index in [9.17, 15) is 14.7 Å². The van der Waals surface area contributed by atoms with Gasteiger partial charge >= 0.3 is 0 Å². The Morgan fingerprint density at radius 2 is 1.89 bits per heavy atom. The third-order valence-corrected chi connectivity index (χ3v) is 2.73. The fourth-order valence-electron chi connectivity index (χ4n) is 1.46. The van der Waals surface area contributed by atoms with E-state index in [4.69, 9.17) is 0 Å². The maximum atomic E-state index is 11.3. The quantitative estimate of drug-likeness (QED) is 0.799. The molecule has 0 aliphatic carbocycles. The Kier molecular flexibility index (Phi) is 5.11. The molecule has 0 aliphatic rings. The Morgan fingerprint density at radius 1 is 1.28 bits per heavy atom. The van der Waals surface area contributed by atoms with Crippen LogP contribution in [0.25, 0.3) is 0 Å². The highest BCUT2D eigenvalue weighted by molar-refractivity contribution is 6.02. The van der Waals surface area contributed by atoms with Gasteiger partial charge in [0.15, 0.2) is 0 Å². The Balaban J connectivity index is 2.64. The van der Waals surface area contributed by atoms with Crippen LogP contribution in [0.5, 0.6) is 0 Å². The Labute approximate surface area is 106 Å². The lowest BCUT2D eigenvalue weighted by atomic mass is 9.99. The minimum Gasteiger partial charge on any atom is -0.545 e. The maximum absolute atomic E-state index is 11.3. The summed E-state index contributed by atoms with van der Waals surface area (Å²) >= 11 is 0. The number of anilines is 1. The molecule has 18 heavy (non-hydrogen) atoms. The third-order valence-electron chi connectivity index (χ3n) is 2.73. The van der Waals surface area contributed by atoms with Crippen molar-refractivity contribution in [3.8, 4) is 0 Å². The van der Waals surface area contributed by atoms with E-state index < -0.39 is 11.9 Å². The van der Waals surface area contributed by atoms with Crippen molar-refractivity contribution in [3.63, 3.8) is 0 Å². The highest BCUT2D eigenvalue weighted by Gasteiger charge is 2.03. The molecule has 0 fully saturated rings. The summed E-state index contributed by atoms with van der Waals surface area (Å²) in [5, 5.41) is 12.7. The van der Waals surface area contributed by atoms with Crippen LogP contribution in [0.3, 0.4) is 0 Å². The van der Waals surface area contributed by atoms with Crippen LogP contribution in [0.4, 0.5) is 5.69 Å². The number of hydrogen-bond acceptors (Lipinski definition) is 3. The van der Waals surface area contributed by atoms with Crippen LogP contribution in [-0.2, 0) is 9.59 Å². The van der Waals surface area contributed by atoms with E-state index in [1.807, 2.05) is 12.1 Å². The number of amides is 1. The predicted octanol–water partition coefficient (Wildman–Crippen LogP) is 1.44. The molecule has 0 spiro atoms. The third kappa shape index (κ3) is 4.41. The van der Waals surface area contributed by atoms with Gasteiger partial charge in [-0.15, -0.1) is 0 Å². The summed E-state index contributed by atoms with van der Waals surface area (Å²) in [5.41, 5.74) is 1.84. The van der Waals surface area contributed by atoms with Gasteiger partial charge in [0.2, 0.25) is 5.91 Å². The molecule has 0 saturated carbocycles. The standard InChI is InChI=1S/C14H17NO3/c1-3-10(2)11-4-6-12(7-5-11)15-13(16)8-9-14(17)18/h4-10H,3H2,1-2H3,(H,15,16)(H,17,18)/p-1. The molecule has 1 N–H and O–H groups in total. The molecule has 96 valence electrons. The van der Waals surface area contributed by atoms with Gasteiger partial charge < -0.3 is 15.2 Å². The Morgan fingerprint density at radius 3 is 2.39 bits per heavy atom. The van der Waals surface area contributed by atoms with Gasteiger partial charge in [-0.3, -0.25) is 4.79 Å². The smallest absolute Gasteiger partial charge is 0.248 e. The van der Waals surface area contributed by atoms with Gasteiger partial charge in [-0.05, 0) is 36.1 Å². The molecule has 0 aromatic heterocycles. The number of benzene rings is 1. The zero-order valence-corrected chi connectivity index (χ0v) is 10.5. The van der Waals surface area contributed by atoms with Crippen molar-refractivity contribution >= 4 is 17.6 Å². The molecule has 1 rings (SSSR count). The van der Waals surface area contributed by atoms with E-state index in [-0.39, 0.29) is 0 Å². The number of carboxylic acids is 1. The van der Waals surface area contributed by atoms with Crippen molar-refractivity contribution in [1.82, 2.24) is 0 Å². The van der Waals surface area contributed by atoms with Crippen LogP contribution < -0.4 is 10.4 Å². The average Bonchev–Trinajstić information content (AvgIpc) is 2.36. The average molecular weight is 246 g/mol. The summed E-state index contributed by atoms with van der Waals surface area (Å²) in [7, 11) is 0. The molecule has 1 amide bonds. The fraction of sp³-hybridized carbons (Fsp3) is 0.286. The highest BCUT2D eigenvalue weighted by Crippen LogP contribution is 2.20. The second-order valence-electron chi connectivity index (χ2n) is 4.07. The van der Waals surface area contributed by atoms with Crippen LogP contribution in [0.1, 0.15) is 31.7 Å². The zero-order valence-electron chi connectivity index (χ0n) is 10.5. The number of carboxylic acid groups (broad SMARTS) is 1. The summed E-state index contributed by atoms with van der Waals surface area (Å²) in [6, 6.07) is 7.50. The summed E-state index contributed by atoms with van der Waals surface area (Å²) in [4.78, 5) is 21.4. The minimum absolute atomic E-state index is 0.479. The van der Waals surface area contributed by atoms with Gasteiger partial charge in [0, 0.05) is 11.8 Å². The van der Waals surface area contributed by atoms with Crippen LogP contribution in [0, 0.1) is 0 Å². The Hall–Kier alpha value is -2.10. The lowest BCUT2D eigenvalue weighted by Gasteiger charge is -2.09. The van der Waals surface area contributed by atoms with Gasteiger partial charge in [-0.2, -0.15) is 0 Å². The van der Waals surface area contributed by atoms with Crippen molar-refractivity contribution in [3.05, 3.63) is 42.0 Å². The highest BCUT2D eigenvalue weighted by atomic mass is 16.4. The normalized spacial score (nSPS) is 12.3. The fourth-order valence-corrected chi connectivity index (χ4v) is 1.46. The van der Waals surface area contributed by atoms with E-state index >= 15 is 0 Å². The molecule has 1 atom stereocenters. The first-order valence-corrected chi connectivity index (χ1v) is 5.83. The van der Waals surface area contributed by atoms with E-state index in [0.717, 1.165) is 12.5 Å². The number of carbonyl (C=O) groups is 2. The lowest BCUT2D eigenvalue weighted by molar-refractivity contribution is -0.297. The molecule has 1 unspecified atom stereocenters. The van der Waals surface area contributed by atoms with Crippen LogP contribution in [0.15, 0.2) is 36.4 Å². The van der Waals surface area contributed by atoms with Crippen molar-refractivity contribution in [2.75, 3.05) is 5.32 Å². The summed E-state index contributed by atoms with van der Waals surface area (Å²) in [6.45, 7) is 4.25. The van der Waals surface area contributed by atoms with Crippen LogP contribution in [0.2, 0.25) is 0 Å². The van der Waals surface area contributed by atoms with Gasteiger partial charge in [-0.25, -0.2) is 0 Å². The topological polar surface area (TPSA) is 69.2 Å². The molecule has 0 heterocycles. The first kappa shape index (κ1) is 14.0. The van der Waals surface area contributed by atoms with Crippen molar-refractivity contribution in [2.45, 2.75) is 26.2 Å². The van der Waals surface area contributed by atoms with Gasteiger partial charge in [0.1, 0.15) is 0 Å². The molecular formula is C14H16NO3-. The molecule has 0 aliphatic heterocycles. The van der Waals surface area contributed by atoms with E-state index in [1.165, 1.54) is 5.56 Å². The van der Waals surface area contributed by atoms with Crippen molar-refractivity contribution in [1.29, 1.82) is 0 Å². The molecule has 0 radical (unpaired) electrons. The van der Waals surface area contributed by atoms with Gasteiger partial charge in [-0.1, -0.05) is 26.0 Å². The molecule has 0 bridgehead atoms. The molecular weight excluding hydrogens is 230 g/mol.